The van der Waals surface area contributed by atoms with Gasteiger partial charge in [-0.2, -0.15) is 5.10 Å². The van der Waals surface area contributed by atoms with E-state index in [2.05, 4.69) is 21.6 Å². The number of methoxy groups -OCH3 is 1. The number of hydrogen-bond donors (Lipinski definition) is 2. The number of hydrogen-bond acceptors (Lipinski definition) is 4. The minimum atomic E-state index is -0.508. The van der Waals surface area contributed by atoms with E-state index in [0.29, 0.717) is 11.3 Å². The van der Waals surface area contributed by atoms with Crippen molar-refractivity contribution in [2.75, 3.05) is 7.11 Å². The van der Waals surface area contributed by atoms with Crippen molar-refractivity contribution < 1.29 is 4.74 Å². The van der Waals surface area contributed by atoms with Gasteiger partial charge in [0.05, 0.1) is 18.5 Å². The van der Waals surface area contributed by atoms with Gasteiger partial charge in [0, 0.05) is 17.3 Å². The Morgan fingerprint density at radius 3 is 2.28 bits per heavy atom. The van der Waals surface area contributed by atoms with Crippen LogP contribution in [0.15, 0.2) is 70.4 Å². The number of aromatic nitrogens is 4. The Morgan fingerprint density at radius 2 is 1.66 bits per heavy atom. The van der Waals surface area contributed by atoms with E-state index in [0.717, 1.165) is 17.0 Å². The molecule has 2 aromatic carbocycles. The first-order chi connectivity index (χ1) is 14.0. The summed E-state index contributed by atoms with van der Waals surface area (Å²) in [5, 5.41) is 4.67. The lowest BCUT2D eigenvalue weighted by atomic mass is 10.1. The summed E-state index contributed by atoms with van der Waals surface area (Å²) in [4.78, 5) is 29.6. The minimum absolute atomic E-state index is 0.0141. The predicted octanol–water partition coefficient (Wildman–Crippen LogP) is 1.16. The minimum Gasteiger partial charge on any atom is -0.497 e. The van der Waals surface area contributed by atoms with Crippen LogP contribution in [0.2, 0.25) is 0 Å². The molecule has 0 amide bonds. The van der Waals surface area contributed by atoms with Crippen molar-refractivity contribution in [2.45, 2.75) is 0 Å². The van der Waals surface area contributed by atoms with Crippen molar-refractivity contribution >= 4 is 12.7 Å². The molecule has 0 unspecified atom stereocenters. The highest BCUT2D eigenvalue weighted by Gasteiger charge is 2.12. The average molecular weight is 386 g/mol. The summed E-state index contributed by atoms with van der Waals surface area (Å²) in [7, 11) is 1.60. The van der Waals surface area contributed by atoms with Crippen molar-refractivity contribution in [2.24, 2.45) is 0 Å². The molecule has 2 heterocycles. The van der Waals surface area contributed by atoms with E-state index < -0.39 is 11.1 Å². The summed E-state index contributed by atoms with van der Waals surface area (Å²) in [6.45, 7) is 3.56. The number of aromatic amines is 2. The molecule has 0 spiro atoms. The van der Waals surface area contributed by atoms with Crippen molar-refractivity contribution in [3.63, 3.8) is 0 Å². The molecule has 7 nitrogen and oxygen atoms in total. The maximum atomic E-state index is 12.3. The molecule has 2 aromatic heterocycles. The van der Waals surface area contributed by atoms with E-state index in [9.17, 15) is 9.59 Å². The Hall–Kier alpha value is -4.13. The first kappa shape index (κ1) is 18.2. The Morgan fingerprint density at radius 1 is 1.00 bits per heavy atom. The normalized spacial score (nSPS) is 10.7. The van der Waals surface area contributed by atoms with Crippen molar-refractivity contribution in [3.05, 3.63) is 97.8 Å². The molecule has 4 rings (SSSR count). The van der Waals surface area contributed by atoms with Gasteiger partial charge in [-0.25, -0.2) is 4.68 Å². The third-order valence-corrected chi connectivity index (χ3v) is 4.44. The first-order valence-electron chi connectivity index (χ1n) is 8.88. The van der Waals surface area contributed by atoms with Crippen LogP contribution in [0.25, 0.3) is 29.6 Å². The molecule has 0 aliphatic rings. The summed E-state index contributed by atoms with van der Waals surface area (Å²) in [6, 6.07) is 17.0. The zero-order chi connectivity index (χ0) is 20.4. The van der Waals surface area contributed by atoms with E-state index in [1.807, 2.05) is 54.6 Å². The Kier molecular flexibility index (Phi) is 4.70. The van der Waals surface area contributed by atoms with E-state index >= 15 is 0 Å². The second-order valence-electron chi connectivity index (χ2n) is 6.39. The molecule has 29 heavy (non-hydrogen) atoms. The topological polar surface area (TPSA) is 92.8 Å². The van der Waals surface area contributed by atoms with E-state index in [1.165, 1.54) is 6.08 Å². The van der Waals surface area contributed by atoms with Gasteiger partial charge in [-0.05, 0) is 42.5 Å². The fourth-order valence-electron chi connectivity index (χ4n) is 3.01. The summed E-state index contributed by atoms with van der Waals surface area (Å²) in [6.07, 6.45) is 3.31. The molecule has 0 fully saturated rings. The van der Waals surface area contributed by atoms with Gasteiger partial charge in [0.15, 0.2) is 0 Å². The van der Waals surface area contributed by atoms with Crippen LogP contribution in [0.4, 0.5) is 0 Å². The molecular weight excluding hydrogens is 368 g/mol. The zero-order valence-corrected chi connectivity index (χ0v) is 15.7. The number of nitrogens with one attached hydrogen (secondary N) is 2. The molecular formula is C22H18N4O3. The summed E-state index contributed by atoms with van der Waals surface area (Å²) >= 11 is 0. The fraction of sp³-hybridized carbons (Fsp3) is 0.0455. The monoisotopic (exact) mass is 386 g/mol. The lowest BCUT2D eigenvalue weighted by molar-refractivity contribution is 0.415. The average Bonchev–Trinajstić information content (AvgIpc) is 3.15. The highest BCUT2D eigenvalue weighted by Crippen LogP contribution is 2.26. The van der Waals surface area contributed by atoms with Crippen molar-refractivity contribution in [1.82, 2.24) is 19.7 Å². The number of para-hydroxylation sites is 1. The number of ether oxygens (including phenoxy) is 1. The van der Waals surface area contributed by atoms with E-state index in [-0.39, 0.29) is 10.7 Å². The van der Waals surface area contributed by atoms with Crippen LogP contribution in [0.3, 0.4) is 0 Å². The van der Waals surface area contributed by atoms with Gasteiger partial charge in [-0.1, -0.05) is 24.8 Å². The van der Waals surface area contributed by atoms with Gasteiger partial charge in [0.25, 0.3) is 11.1 Å². The smallest absolute Gasteiger partial charge is 0.262 e. The van der Waals surface area contributed by atoms with Crippen LogP contribution >= 0.6 is 0 Å². The molecule has 0 saturated heterocycles. The molecule has 0 atom stereocenters. The maximum Gasteiger partial charge on any atom is 0.262 e. The number of nitrogens with zero attached hydrogens (tertiary/aromatic N) is 2. The molecule has 0 aliphatic heterocycles. The van der Waals surface area contributed by atoms with Gasteiger partial charge < -0.3 is 14.7 Å². The Bertz CT molecular complexity index is 1340. The van der Waals surface area contributed by atoms with Crippen molar-refractivity contribution in [1.29, 1.82) is 0 Å². The number of benzene rings is 2. The summed E-state index contributed by atoms with van der Waals surface area (Å²) in [5.74, 6) is 0.723. The highest BCUT2D eigenvalue weighted by molar-refractivity contribution is 5.72. The summed E-state index contributed by atoms with van der Waals surface area (Å²) < 4.78 is 6.93. The van der Waals surface area contributed by atoms with E-state index in [4.69, 9.17) is 4.74 Å². The third kappa shape index (κ3) is 3.66. The van der Waals surface area contributed by atoms with Gasteiger partial charge >= 0.3 is 0 Å². The Balaban J connectivity index is 1.96. The molecule has 0 aliphatic carbocycles. The van der Waals surface area contributed by atoms with Crippen LogP contribution in [-0.4, -0.2) is 26.9 Å². The first-order valence-corrected chi connectivity index (χ1v) is 8.88. The van der Waals surface area contributed by atoms with Gasteiger partial charge in [-0.15, -0.1) is 0 Å². The second kappa shape index (κ2) is 7.47. The summed E-state index contributed by atoms with van der Waals surface area (Å²) in [5.41, 5.74) is 2.10. The van der Waals surface area contributed by atoms with Gasteiger partial charge in [-0.3, -0.25) is 9.59 Å². The standard InChI is InChI=1S/C22H18N4O3/c1-14-23-21(27)19(22(28)24-14)12-16-13-26(17-6-4-3-5-7-17)25-20(16)15-8-10-18(29-2)11-9-15/h3-13H,1H2,2H3,(H,23,27)(H,24,28). The van der Waals surface area contributed by atoms with Crippen LogP contribution < -0.4 is 26.6 Å². The van der Waals surface area contributed by atoms with Gasteiger partial charge in [0.2, 0.25) is 0 Å². The number of rotatable bonds is 4. The Labute approximate surface area is 165 Å². The lowest BCUT2D eigenvalue weighted by Crippen LogP contribution is -2.47. The number of H-pyrrole nitrogens is 2. The molecule has 0 bridgehead atoms. The SMILES string of the molecule is C=c1[nH]c(=O)c(=Cc2cn(-c3ccccc3)nc2-c2ccc(OC)cc2)c(=O)[nH]1. The molecule has 0 saturated carbocycles. The van der Waals surface area contributed by atoms with Crippen LogP contribution in [0, 0.1) is 0 Å². The van der Waals surface area contributed by atoms with E-state index in [1.54, 1.807) is 18.0 Å². The maximum absolute atomic E-state index is 12.3. The quantitative estimate of drug-likeness (QED) is 0.551. The van der Waals surface area contributed by atoms with Crippen LogP contribution in [0.5, 0.6) is 5.75 Å². The zero-order valence-electron chi connectivity index (χ0n) is 15.7. The highest BCUT2D eigenvalue weighted by atomic mass is 16.5. The molecule has 4 aromatic rings. The molecule has 7 heteroatoms. The van der Waals surface area contributed by atoms with Crippen molar-refractivity contribution in [3.8, 4) is 22.7 Å². The van der Waals surface area contributed by atoms with Crippen LogP contribution in [-0.2, 0) is 0 Å². The predicted molar refractivity (Wildman–Crippen MR) is 112 cm³/mol. The van der Waals surface area contributed by atoms with Gasteiger partial charge in [0.1, 0.15) is 16.4 Å². The fourth-order valence-corrected chi connectivity index (χ4v) is 3.01. The third-order valence-electron chi connectivity index (χ3n) is 4.44. The molecule has 2 N–H and O–H groups in total. The lowest BCUT2D eigenvalue weighted by Gasteiger charge is -2.02. The largest absolute Gasteiger partial charge is 0.497 e. The molecule has 0 radical (unpaired) electrons. The van der Waals surface area contributed by atoms with Crippen LogP contribution in [0.1, 0.15) is 5.56 Å². The molecule has 144 valence electrons. The second-order valence-corrected chi connectivity index (χ2v) is 6.39.